The van der Waals surface area contributed by atoms with Gasteiger partial charge in [0.25, 0.3) is 5.91 Å². The fraction of sp³-hybridized carbons (Fsp3) is 0.118. The van der Waals surface area contributed by atoms with Gasteiger partial charge in [0.15, 0.2) is 0 Å². The SMILES string of the molecule is Cc1ccc(-c2noc(CNC(=O)c3ccccc3F)n2)cc1. The normalized spacial score (nSPS) is 10.5. The minimum absolute atomic E-state index is 0.0224. The standard InChI is InChI=1S/C17H14FN3O2/c1-11-6-8-12(9-7-11)16-20-15(23-21-16)10-19-17(22)13-4-2-3-5-14(13)18/h2-9H,10H2,1H3,(H,19,22). The summed E-state index contributed by atoms with van der Waals surface area (Å²) in [4.78, 5) is 16.1. The topological polar surface area (TPSA) is 68.0 Å². The highest BCUT2D eigenvalue weighted by Gasteiger charge is 2.13. The fourth-order valence-electron chi connectivity index (χ4n) is 2.04. The number of hydrogen-bond donors (Lipinski definition) is 1. The number of amides is 1. The number of aromatic nitrogens is 2. The van der Waals surface area contributed by atoms with E-state index in [-0.39, 0.29) is 18.0 Å². The van der Waals surface area contributed by atoms with E-state index in [2.05, 4.69) is 15.5 Å². The van der Waals surface area contributed by atoms with Crippen LogP contribution in [0.1, 0.15) is 21.8 Å². The van der Waals surface area contributed by atoms with E-state index in [4.69, 9.17) is 4.52 Å². The highest BCUT2D eigenvalue weighted by atomic mass is 19.1. The quantitative estimate of drug-likeness (QED) is 0.804. The van der Waals surface area contributed by atoms with Gasteiger partial charge in [0.2, 0.25) is 11.7 Å². The number of halogens is 1. The van der Waals surface area contributed by atoms with Crippen molar-refractivity contribution < 1.29 is 13.7 Å². The number of hydrogen-bond acceptors (Lipinski definition) is 4. The number of rotatable bonds is 4. The molecule has 6 heteroatoms. The third-order valence-electron chi connectivity index (χ3n) is 3.30. The number of carbonyl (C=O) groups excluding carboxylic acids is 1. The Bertz CT molecular complexity index is 828. The molecule has 0 aliphatic rings. The Kier molecular flexibility index (Phi) is 4.14. The maximum atomic E-state index is 13.5. The summed E-state index contributed by atoms with van der Waals surface area (Å²) in [5, 5.41) is 6.43. The Morgan fingerprint density at radius 1 is 1.17 bits per heavy atom. The molecule has 23 heavy (non-hydrogen) atoms. The molecule has 0 saturated carbocycles. The smallest absolute Gasteiger partial charge is 0.254 e. The van der Waals surface area contributed by atoms with Crippen LogP contribution in [0, 0.1) is 12.7 Å². The van der Waals surface area contributed by atoms with E-state index in [1.54, 1.807) is 6.07 Å². The molecule has 0 spiro atoms. The van der Waals surface area contributed by atoms with Crippen LogP contribution in [-0.4, -0.2) is 16.0 Å². The van der Waals surface area contributed by atoms with Gasteiger partial charge in [-0.15, -0.1) is 0 Å². The van der Waals surface area contributed by atoms with Crippen LogP contribution in [0.25, 0.3) is 11.4 Å². The first-order valence-electron chi connectivity index (χ1n) is 7.06. The molecule has 3 aromatic rings. The third-order valence-corrected chi connectivity index (χ3v) is 3.30. The van der Waals surface area contributed by atoms with Crippen molar-refractivity contribution in [1.29, 1.82) is 0 Å². The second-order valence-electron chi connectivity index (χ2n) is 5.04. The number of nitrogens with one attached hydrogen (secondary N) is 1. The lowest BCUT2D eigenvalue weighted by Gasteiger charge is -2.02. The number of carbonyl (C=O) groups is 1. The van der Waals surface area contributed by atoms with Crippen molar-refractivity contribution in [2.24, 2.45) is 0 Å². The first-order valence-corrected chi connectivity index (χ1v) is 7.06. The molecule has 1 aromatic heterocycles. The van der Waals surface area contributed by atoms with Crippen LogP contribution in [0.2, 0.25) is 0 Å². The molecule has 5 nitrogen and oxygen atoms in total. The van der Waals surface area contributed by atoms with Crippen molar-refractivity contribution in [2.45, 2.75) is 13.5 Å². The monoisotopic (exact) mass is 311 g/mol. The van der Waals surface area contributed by atoms with Gasteiger partial charge in [0.05, 0.1) is 12.1 Å². The maximum absolute atomic E-state index is 13.5. The molecule has 0 unspecified atom stereocenters. The summed E-state index contributed by atoms with van der Waals surface area (Å²) in [6, 6.07) is 13.5. The van der Waals surface area contributed by atoms with Gasteiger partial charge in [-0.2, -0.15) is 4.98 Å². The molecule has 0 atom stereocenters. The van der Waals surface area contributed by atoms with Gasteiger partial charge in [-0.3, -0.25) is 4.79 Å². The lowest BCUT2D eigenvalue weighted by molar-refractivity contribution is 0.0942. The van der Waals surface area contributed by atoms with Gasteiger partial charge < -0.3 is 9.84 Å². The molecular weight excluding hydrogens is 297 g/mol. The molecule has 1 N–H and O–H groups in total. The van der Waals surface area contributed by atoms with E-state index >= 15 is 0 Å². The predicted molar refractivity (Wildman–Crippen MR) is 82.0 cm³/mol. The lowest BCUT2D eigenvalue weighted by Crippen LogP contribution is -2.23. The molecule has 0 aliphatic heterocycles. The summed E-state index contributed by atoms with van der Waals surface area (Å²) >= 11 is 0. The summed E-state index contributed by atoms with van der Waals surface area (Å²) in [6.45, 7) is 2.02. The molecule has 2 aromatic carbocycles. The van der Waals surface area contributed by atoms with Gasteiger partial charge in [-0.1, -0.05) is 47.1 Å². The molecule has 0 fully saturated rings. The van der Waals surface area contributed by atoms with E-state index in [0.29, 0.717) is 5.82 Å². The molecular formula is C17H14FN3O2. The summed E-state index contributed by atoms with van der Waals surface area (Å²) in [5.74, 6) is -0.403. The zero-order valence-corrected chi connectivity index (χ0v) is 12.4. The average Bonchev–Trinajstić information content (AvgIpc) is 3.03. The van der Waals surface area contributed by atoms with Crippen LogP contribution in [0.3, 0.4) is 0 Å². The van der Waals surface area contributed by atoms with Gasteiger partial charge in [0, 0.05) is 5.56 Å². The molecule has 0 bridgehead atoms. The minimum Gasteiger partial charge on any atom is -0.343 e. The first-order chi connectivity index (χ1) is 11.1. The molecule has 116 valence electrons. The third kappa shape index (κ3) is 3.42. The maximum Gasteiger partial charge on any atom is 0.254 e. The second kappa shape index (κ2) is 6.39. The largest absolute Gasteiger partial charge is 0.343 e. The number of nitrogens with zero attached hydrogens (tertiary/aromatic N) is 2. The molecule has 0 radical (unpaired) electrons. The zero-order valence-electron chi connectivity index (χ0n) is 12.4. The second-order valence-corrected chi connectivity index (χ2v) is 5.04. The Morgan fingerprint density at radius 2 is 1.91 bits per heavy atom. The van der Waals surface area contributed by atoms with Gasteiger partial charge >= 0.3 is 0 Å². The molecule has 1 amide bonds. The Hall–Kier alpha value is -3.02. The highest BCUT2D eigenvalue weighted by molar-refractivity contribution is 5.94. The summed E-state index contributed by atoms with van der Waals surface area (Å²) in [5.41, 5.74) is 1.94. The molecule has 0 aliphatic carbocycles. The van der Waals surface area contributed by atoms with Crippen molar-refractivity contribution in [2.75, 3.05) is 0 Å². The Morgan fingerprint density at radius 3 is 2.65 bits per heavy atom. The number of aryl methyl sites for hydroxylation is 1. The van der Waals surface area contributed by atoms with Crippen molar-refractivity contribution in [3.8, 4) is 11.4 Å². The van der Waals surface area contributed by atoms with Gasteiger partial charge in [0.1, 0.15) is 5.82 Å². The summed E-state index contributed by atoms with van der Waals surface area (Å²) < 4.78 is 18.6. The van der Waals surface area contributed by atoms with Crippen LogP contribution in [0.4, 0.5) is 4.39 Å². The predicted octanol–water partition coefficient (Wildman–Crippen LogP) is 3.11. The van der Waals surface area contributed by atoms with Crippen LogP contribution in [-0.2, 0) is 6.54 Å². The van der Waals surface area contributed by atoms with E-state index in [1.807, 2.05) is 31.2 Å². The lowest BCUT2D eigenvalue weighted by atomic mass is 10.1. The fourth-order valence-corrected chi connectivity index (χ4v) is 2.04. The van der Waals surface area contributed by atoms with E-state index < -0.39 is 11.7 Å². The van der Waals surface area contributed by atoms with Crippen LogP contribution < -0.4 is 5.32 Å². The Labute approximate surface area is 132 Å². The van der Waals surface area contributed by atoms with E-state index in [0.717, 1.165) is 11.1 Å². The summed E-state index contributed by atoms with van der Waals surface area (Å²) in [7, 11) is 0. The molecule has 3 rings (SSSR count). The van der Waals surface area contributed by atoms with E-state index in [9.17, 15) is 9.18 Å². The van der Waals surface area contributed by atoms with Crippen LogP contribution in [0.5, 0.6) is 0 Å². The van der Waals surface area contributed by atoms with Crippen molar-refractivity contribution in [1.82, 2.24) is 15.5 Å². The highest BCUT2D eigenvalue weighted by Crippen LogP contribution is 2.16. The number of benzene rings is 2. The zero-order chi connectivity index (χ0) is 16.2. The van der Waals surface area contributed by atoms with Crippen molar-refractivity contribution >= 4 is 5.91 Å². The van der Waals surface area contributed by atoms with Crippen LogP contribution in [0.15, 0.2) is 53.1 Å². The molecule has 1 heterocycles. The van der Waals surface area contributed by atoms with Crippen LogP contribution >= 0.6 is 0 Å². The molecule has 0 saturated heterocycles. The van der Waals surface area contributed by atoms with E-state index in [1.165, 1.54) is 18.2 Å². The van der Waals surface area contributed by atoms with Gasteiger partial charge in [-0.05, 0) is 19.1 Å². The first kappa shape index (κ1) is 14.9. The van der Waals surface area contributed by atoms with Crippen molar-refractivity contribution in [3.63, 3.8) is 0 Å². The summed E-state index contributed by atoms with van der Waals surface area (Å²) in [6.07, 6.45) is 0. The van der Waals surface area contributed by atoms with Crippen molar-refractivity contribution in [3.05, 3.63) is 71.4 Å². The minimum atomic E-state index is -0.573. The Balaban J connectivity index is 1.67. The van der Waals surface area contributed by atoms with Gasteiger partial charge in [-0.25, -0.2) is 4.39 Å². The average molecular weight is 311 g/mol.